The normalized spacial score (nSPS) is 13.2. The molecule has 2 aromatic rings. The predicted octanol–water partition coefficient (Wildman–Crippen LogP) is 4.48. The Labute approximate surface area is 166 Å². The van der Waals surface area contributed by atoms with E-state index in [0.717, 1.165) is 21.7 Å². The molecular formula is C22H28ClNO3. The molecule has 0 heterocycles. The summed E-state index contributed by atoms with van der Waals surface area (Å²) in [5.74, 6) is -0.566. The first-order chi connectivity index (χ1) is 13.0. The molecule has 2 aromatic carbocycles. The summed E-state index contributed by atoms with van der Waals surface area (Å²) in [7, 11) is 0. The highest BCUT2D eigenvalue weighted by molar-refractivity contribution is 6.30. The maximum absolute atomic E-state index is 12.1. The topological polar surface area (TPSA) is 61.5 Å². The summed E-state index contributed by atoms with van der Waals surface area (Å²) >= 11 is 6.06. The average molecular weight is 390 g/mol. The van der Waals surface area contributed by atoms with Crippen LogP contribution in [0.1, 0.15) is 25.8 Å². The summed E-state index contributed by atoms with van der Waals surface area (Å²) in [5.41, 5.74) is 9.62. The van der Waals surface area contributed by atoms with Gasteiger partial charge in [-0.15, -0.1) is 0 Å². The average Bonchev–Trinajstić information content (AvgIpc) is 2.66. The van der Waals surface area contributed by atoms with Gasteiger partial charge in [0.1, 0.15) is 0 Å². The molecule has 0 aliphatic heterocycles. The molecule has 2 atom stereocenters. The molecule has 0 bridgehead atoms. The Morgan fingerprint density at radius 1 is 1.07 bits per heavy atom. The van der Waals surface area contributed by atoms with Gasteiger partial charge < -0.3 is 15.2 Å². The lowest BCUT2D eigenvalue weighted by Crippen LogP contribution is -2.32. The lowest BCUT2D eigenvalue weighted by atomic mass is 9.95. The largest absolute Gasteiger partial charge is 0.466 e. The molecule has 0 amide bonds. The van der Waals surface area contributed by atoms with Gasteiger partial charge in [-0.1, -0.05) is 48.0 Å². The highest BCUT2D eigenvalue weighted by atomic mass is 35.5. The van der Waals surface area contributed by atoms with Gasteiger partial charge in [-0.25, -0.2) is 0 Å². The Balaban J connectivity index is 1.97. The predicted molar refractivity (Wildman–Crippen MR) is 110 cm³/mol. The Morgan fingerprint density at radius 2 is 1.81 bits per heavy atom. The fourth-order valence-electron chi connectivity index (χ4n) is 3.01. The van der Waals surface area contributed by atoms with Gasteiger partial charge in [0.15, 0.2) is 0 Å². The van der Waals surface area contributed by atoms with Crippen LogP contribution in [0.15, 0.2) is 48.5 Å². The van der Waals surface area contributed by atoms with Gasteiger partial charge in [-0.2, -0.15) is 0 Å². The SMILES string of the molecule is CCOCC(CC(N)Cc1ccc(-c2cccc(Cl)c2)cc1)C(=O)OCC. The lowest BCUT2D eigenvalue weighted by Gasteiger charge is -2.19. The Bertz CT molecular complexity index is 718. The molecule has 0 aliphatic rings. The summed E-state index contributed by atoms with van der Waals surface area (Å²) in [6.07, 6.45) is 1.23. The molecule has 0 saturated carbocycles. The Hall–Kier alpha value is -1.88. The van der Waals surface area contributed by atoms with Gasteiger partial charge in [-0.3, -0.25) is 4.79 Å². The van der Waals surface area contributed by atoms with Crippen LogP contribution >= 0.6 is 11.6 Å². The van der Waals surface area contributed by atoms with Crippen molar-refractivity contribution in [2.45, 2.75) is 32.7 Å². The molecule has 2 N–H and O–H groups in total. The van der Waals surface area contributed by atoms with E-state index in [1.807, 2.05) is 31.2 Å². The smallest absolute Gasteiger partial charge is 0.311 e. The van der Waals surface area contributed by atoms with E-state index in [-0.39, 0.29) is 17.9 Å². The van der Waals surface area contributed by atoms with Gasteiger partial charge in [0.2, 0.25) is 0 Å². The van der Waals surface area contributed by atoms with Crippen LogP contribution in [-0.4, -0.2) is 31.8 Å². The number of hydrogen-bond donors (Lipinski definition) is 1. The quantitative estimate of drug-likeness (QED) is 0.608. The maximum atomic E-state index is 12.1. The molecule has 0 aliphatic carbocycles. The minimum atomic E-state index is -0.328. The second-order valence-electron chi connectivity index (χ2n) is 6.52. The van der Waals surface area contributed by atoms with Crippen LogP contribution in [0.3, 0.4) is 0 Å². The van der Waals surface area contributed by atoms with Gasteiger partial charge in [0, 0.05) is 17.7 Å². The van der Waals surface area contributed by atoms with Crippen LogP contribution < -0.4 is 5.73 Å². The van der Waals surface area contributed by atoms with E-state index < -0.39 is 0 Å². The van der Waals surface area contributed by atoms with Crippen molar-refractivity contribution in [1.82, 2.24) is 0 Å². The fraction of sp³-hybridized carbons (Fsp3) is 0.409. The van der Waals surface area contributed by atoms with E-state index >= 15 is 0 Å². The van der Waals surface area contributed by atoms with E-state index in [1.165, 1.54) is 0 Å². The number of halogens is 1. The van der Waals surface area contributed by atoms with Crippen LogP contribution in [0.2, 0.25) is 5.02 Å². The number of benzene rings is 2. The monoisotopic (exact) mass is 389 g/mol. The second kappa shape index (κ2) is 11.1. The Morgan fingerprint density at radius 3 is 2.44 bits per heavy atom. The molecule has 5 heteroatoms. The highest BCUT2D eigenvalue weighted by Gasteiger charge is 2.23. The molecule has 0 fully saturated rings. The van der Waals surface area contributed by atoms with E-state index in [0.29, 0.717) is 32.7 Å². The molecule has 2 unspecified atom stereocenters. The number of carbonyl (C=O) groups is 1. The molecule has 2 rings (SSSR count). The molecule has 0 saturated heterocycles. The lowest BCUT2D eigenvalue weighted by molar-refractivity contribution is -0.150. The van der Waals surface area contributed by atoms with Gasteiger partial charge >= 0.3 is 5.97 Å². The van der Waals surface area contributed by atoms with Crippen molar-refractivity contribution in [3.8, 4) is 11.1 Å². The van der Waals surface area contributed by atoms with Crippen molar-refractivity contribution < 1.29 is 14.3 Å². The van der Waals surface area contributed by atoms with Gasteiger partial charge in [0.05, 0.1) is 19.1 Å². The zero-order chi connectivity index (χ0) is 19.6. The molecule has 4 nitrogen and oxygen atoms in total. The van der Waals surface area contributed by atoms with E-state index in [2.05, 4.69) is 24.3 Å². The first kappa shape index (κ1) is 21.4. The molecule has 0 aromatic heterocycles. The number of ether oxygens (including phenoxy) is 2. The third kappa shape index (κ3) is 6.98. The van der Waals surface area contributed by atoms with Crippen LogP contribution in [0.25, 0.3) is 11.1 Å². The minimum absolute atomic E-state index is 0.142. The van der Waals surface area contributed by atoms with Crippen molar-refractivity contribution in [2.24, 2.45) is 11.7 Å². The van der Waals surface area contributed by atoms with Crippen LogP contribution in [-0.2, 0) is 20.7 Å². The Kier molecular flexibility index (Phi) is 8.79. The molecule has 0 spiro atoms. The summed E-state index contributed by atoms with van der Waals surface area (Å²) in [6.45, 7) is 4.98. The minimum Gasteiger partial charge on any atom is -0.466 e. The number of carbonyl (C=O) groups excluding carboxylic acids is 1. The number of hydrogen-bond acceptors (Lipinski definition) is 4. The van der Waals surface area contributed by atoms with Crippen LogP contribution in [0, 0.1) is 5.92 Å². The van der Waals surface area contributed by atoms with Crippen molar-refractivity contribution in [3.05, 3.63) is 59.1 Å². The zero-order valence-electron chi connectivity index (χ0n) is 16.0. The van der Waals surface area contributed by atoms with Crippen LogP contribution in [0.4, 0.5) is 0 Å². The molecular weight excluding hydrogens is 362 g/mol. The van der Waals surface area contributed by atoms with Crippen LogP contribution in [0.5, 0.6) is 0 Å². The molecule has 0 radical (unpaired) electrons. The first-order valence-electron chi connectivity index (χ1n) is 9.38. The second-order valence-corrected chi connectivity index (χ2v) is 6.95. The summed E-state index contributed by atoms with van der Waals surface area (Å²) in [6, 6.07) is 15.9. The number of esters is 1. The summed E-state index contributed by atoms with van der Waals surface area (Å²) in [4.78, 5) is 12.1. The van der Waals surface area contributed by atoms with Crippen molar-refractivity contribution in [2.75, 3.05) is 19.8 Å². The maximum Gasteiger partial charge on any atom is 0.311 e. The van der Waals surface area contributed by atoms with E-state index in [4.69, 9.17) is 26.8 Å². The fourth-order valence-corrected chi connectivity index (χ4v) is 3.20. The third-order valence-electron chi connectivity index (χ3n) is 4.34. The van der Waals surface area contributed by atoms with E-state index in [1.54, 1.807) is 6.92 Å². The standard InChI is InChI=1S/C22H28ClNO3/c1-3-26-15-19(22(25)27-4-2)14-21(24)12-16-8-10-17(11-9-16)18-6-5-7-20(23)13-18/h5-11,13,19,21H,3-4,12,14-15,24H2,1-2H3. The van der Waals surface area contributed by atoms with Crippen molar-refractivity contribution in [1.29, 1.82) is 0 Å². The van der Waals surface area contributed by atoms with Gasteiger partial charge in [0.25, 0.3) is 0 Å². The van der Waals surface area contributed by atoms with Gasteiger partial charge in [-0.05, 0) is 55.5 Å². The van der Waals surface area contributed by atoms with Crippen molar-refractivity contribution >= 4 is 17.6 Å². The zero-order valence-corrected chi connectivity index (χ0v) is 16.7. The van der Waals surface area contributed by atoms with E-state index in [9.17, 15) is 4.79 Å². The van der Waals surface area contributed by atoms with Crippen molar-refractivity contribution in [3.63, 3.8) is 0 Å². The highest BCUT2D eigenvalue weighted by Crippen LogP contribution is 2.23. The summed E-state index contributed by atoms with van der Waals surface area (Å²) in [5, 5.41) is 0.720. The molecule has 146 valence electrons. The first-order valence-corrected chi connectivity index (χ1v) is 9.76. The number of rotatable bonds is 10. The summed E-state index contributed by atoms with van der Waals surface area (Å²) < 4.78 is 10.6. The molecule has 27 heavy (non-hydrogen) atoms. The number of nitrogens with two attached hydrogens (primary N) is 1. The third-order valence-corrected chi connectivity index (χ3v) is 4.58.